The van der Waals surface area contributed by atoms with E-state index in [1.165, 1.54) is 17.3 Å². The number of thiocarbonyl (C=S) groups is 1. The van der Waals surface area contributed by atoms with E-state index in [4.69, 9.17) is 12.2 Å². The number of rotatable bonds is 5. The number of amides is 1. The van der Waals surface area contributed by atoms with Crippen molar-refractivity contribution in [2.24, 2.45) is 0 Å². The van der Waals surface area contributed by atoms with Gasteiger partial charge in [0, 0.05) is 19.3 Å². The van der Waals surface area contributed by atoms with Crippen LogP contribution < -0.4 is 0 Å². The first-order chi connectivity index (χ1) is 11.2. The Hall–Kier alpha value is -1.92. The van der Waals surface area contributed by atoms with Crippen molar-refractivity contribution < 1.29 is 4.79 Å². The summed E-state index contributed by atoms with van der Waals surface area (Å²) in [6.07, 6.45) is 4.51. The van der Waals surface area contributed by atoms with Crippen LogP contribution in [0.1, 0.15) is 18.2 Å². The van der Waals surface area contributed by atoms with E-state index in [2.05, 4.69) is 17.2 Å². The van der Waals surface area contributed by atoms with Gasteiger partial charge in [-0.1, -0.05) is 54.3 Å². The molecule has 1 fully saturated rings. The second-order valence-corrected chi connectivity index (χ2v) is 6.84. The molecule has 0 unspecified atom stereocenters. The molecule has 0 saturated carbocycles. The highest BCUT2D eigenvalue weighted by Gasteiger charge is 2.31. The van der Waals surface area contributed by atoms with Crippen molar-refractivity contribution in [2.45, 2.75) is 19.9 Å². The molecule has 0 bridgehead atoms. The van der Waals surface area contributed by atoms with Crippen molar-refractivity contribution in [3.05, 3.63) is 58.8 Å². The zero-order valence-electron chi connectivity index (χ0n) is 12.8. The average Bonchev–Trinajstić information content (AvgIpc) is 3.12. The number of carbonyl (C=O) groups excluding carboxylic acids is 1. The summed E-state index contributed by atoms with van der Waals surface area (Å²) in [5.41, 5.74) is 1.99. The Morgan fingerprint density at radius 3 is 2.74 bits per heavy atom. The Morgan fingerprint density at radius 2 is 2.04 bits per heavy atom. The maximum Gasteiger partial charge on any atom is 0.266 e. The molecule has 118 valence electrons. The number of aryl methyl sites for hydroxylation is 1. The van der Waals surface area contributed by atoms with Crippen LogP contribution in [0.25, 0.3) is 6.08 Å². The summed E-state index contributed by atoms with van der Waals surface area (Å²) < 4.78 is 2.45. The van der Waals surface area contributed by atoms with Gasteiger partial charge in [0.25, 0.3) is 5.91 Å². The van der Waals surface area contributed by atoms with Crippen LogP contribution in [-0.2, 0) is 17.8 Å². The Kier molecular flexibility index (Phi) is 4.93. The first kappa shape index (κ1) is 16.0. The molecule has 2 aromatic rings. The Bertz CT molecular complexity index is 752. The molecular formula is C17H17N3OS2. The summed E-state index contributed by atoms with van der Waals surface area (Å²) in [7, 11) is 0. The van der Waals surface area contributed by atoms with Gasteiger partial charge in [0.1, 0.15) is 4.32 Å². The molecule has 0 spiro atoms. The molecule has 1 saturated heterocycles. The first-order valence-corrected chi connectivity index (χ1v) is 8.72. The first-order valence-electron chi connectivity index (χ1n) is 7.50. The molecule has 23 heavy (non-hydrogen) atoms. The molecule has 1 aliphatic heterocycles. The van der Waals surface area contributed by atoms with E-state index in [-0.39, 0.29) is 5.91 Å². The molecular weight excluding hydrogens is 326 g/mol. The summed E-state index contributed by atoms with van der Waals surface area (Å²) in [6.45, 7) is 3.45. The minimum absolute atomic E-state index is 0.0259. The lowest BCUT2D eigenvalue weighted by molar-refractivity contribution is -0.122. The van der Waals surface area contributed by atoms with E-state index < -0.39 is 0 Å². The molecule has 3 rings (SSSR count). The number of benzene rings is 1. The molecule has 1 amide bonds. The van der Waals surface area contributed by atoms with E-state index in [0.717, 1.165) is 18.7 Å². The number of hydrogen-bond acceptors (Lipinski definition) is 4. The number of thioether (sulfide) groups is 1. The zero-order chi connectivity index (χ0) is 16.2. The van der Waals surface area contributed by atoms with E-state index in [1.807, 2.05) is 48.1 Å². The molecule has 1 aromatic carbocycles. The van der Waals surface area contributed by atoms with E-state index >= 15 is 0 Å². The monoisotopic (exact) mass is 343 g/mol. The largest absolute Gasteiger partial charge is 0.293 e. The lowest BCUT2D eigenvalue weighted by atomic mass is 10.1. The van der Waals surface area contributed by atoms with Crippen molar-refractivity contribution >= 4 is 40.3 Å². The molecule has 6 heteroatoms. The highest BCUT2D eigenvalue weighted by atomic mass is 32.2. The van der Waals surface area contributed by atoms with E-state index in [1.54, 1.807) is 4.90 Å². The second kappa shape index (κ2) is 7.10. The normalized spacial score (nSPS) is 16.6. The van der Waals surface area contributed by atoms with Gasteiger partial charge in [-0.25, -0.2) is 0 Å². The summed E-state index contributed by atoms with van der Waals surface area (Å²) in [5.74, 6) is -0.0259. The van der Waals surface area contributed by atoms with Crippen LogP contribution >= 0.6 is 24.0 Å². The van der Waals surface area contributed by atoms with Gasteiger partial charge in [-0.3, -0.25) is 14.4 Å². The second-order valence-electron chi connectivity index (χ2n) is 5.17. The maximum absolute atomic E-state index is 12.5. The third kappa shape index (κ3) is 3.71. The van der Waals surface area contributed by atoms with Crippen molar-refractivity contribution in [1.29, 1.82) is 0 Å². The number of carbonyl (C=O) groups is 1. The van der Waals surface area contributed by atoms with Crippen LogP contribution in [0.4, 0.5) is 0 Å². The smallest absolute Gasteiger partial charge is 0.266 e. The fraction of sp³-hybridized carbons (Fsp3) is 0.235. The Morgan fingerprint density at radius 1 is 1.26 bits per heavy atom. The molecule has 2 heterocycles. The van der Waals surface area contributed by atoms with Gasteiger partial charge in [0.2, 0.25) is 0 Å². The van der Waals surface area contributed by atoms with Crippen LogP contribution in [0.15, 0.2) is 47.5 Å². The minimum atomic E-state index is -0.0259. The van der Waals surface area contributed by atoms with Gasteiger partial charge in [-0.05, 0) is 31.1 Å². The van der Waals surface area contributed by atoms with Crippen LogP contribution in [-0.4, -0.2) is 31.5 Å². The van der Waals surface area contributed by atoms with Gasteiger partial charge in [-0.2, -0.15) is 5.10 Å². The predicted molar refractivity (Wildman–Crippen MR) is 97.9 cm³/mol. The quantitative estimate of drug-likeness (QED) is 0.616. The number of aromatic nitrogens is 2. The number of hydrogen-bond donors (Lipinski definition) is 0. The lowest BCUT2D eigenvalue weighted by Crippen LogP contribution is -2.30. The summed E-state index contributed by atoms with van der Waals surface area (Å²) in [4.78, 5) is 14.9. The molecule has 0 radical (unpaired) electrons. The van der Waals surface area contributed by atoms with Crippen molar-refractivity contribution in [1.82, 2.24) is 14.7 Å². The molecule has 0 N–H and O–H groups in total. The number of nitrogens with zero attached hydrogens (tertiary/aromatic N) is 3. The maximum atomic E-state index is 12.5. The fourth-order valence-electron chi connectivity index (χ4n) is 2.34. The van der Waals surface area contributed by atoms with Crippen LogP contribution in [0.3, 0.4) is 0 Å². The lowest BCUT2D eigenvalue weighted by Gasteiger charge is -2.14. The molecule has 4 nitrogen and oxygen atoms in total. The fourth-order valence-corrected chi connectivity index (χ4v) is 3.64. The molecule has 1 aliphatic rings. The van der Waals surface area contributed by atoms with E-state index in [0.29, 0.717) is 15.8 Å². The summed E-state index contributed by atoms with van der Waals surface area (Å²) >= 11 is 6.70. The van der Waals surface area contributed by atoms with Gasteiger partial charge in [0.15, 0.2) is 0 Å². The van der Waals surface area contributed by atoms with E-state index in [9.17, 15) is 4.79 Å². The Balaban J connectivity index is 1.69. The zero-order valence-corrected chi connectivity index (χ0v) is 14.4. The summed E-state index contributed by atoms with van der Waals surface area (Å²) in [6, 6.07) is 12.0. The third-order valence-electron chi connectivity index (χ3n) is 3.60. The molecule has 1 aromatic heterocycles. The van der Waals surface area contributed by atoms with Gasteiger partial charge in [-0.15, -0.1) is 0 Å². The predicted octanol–water partition coefficient (Wildman–Crippen LogP) is 3.35. The third-order valence-corrected chi connectivity index (χ3v) is 4.98. The standard InChI is InChI=1S/C17H17N3OS2/c1-2-19-10-9-14(18-19)12-15-16(21)20(17(22)23-15)11-8-13-6-4-3-5-7-13/h3-7,9-10,12H,2,8,11H2,1H3. The highest BCUT2D eigenvalue weighted by Crippen LogP contribution is 2.32. The molecule has 0 aliphatic carbocycles. The Labute approximate surface area is 145 Å². The van der Waals surface area contributed by atoms with Crippen molar-refractivity contribution in [3.8, 4) is 0 Å². The SMILES string of the molecule is CCn1ccc(C=C2SC(=S)N(CCc3ccccc3)C2=O)n1. The van der Waals surface area contributed by atoms with Gasteiger partial charge < -0.3 is 0 Å². The van der Waals surface area contributed by atoms with Crippen LogP contribution in [0, 0.1) is 0 Å². The average molecular weight is 343 g/mol. The minimum Gasteiger partial charge on any atom is -0.293 e. The van der Waals surface area contributed by atoms with Crippen LogP contribution in [0.2, 0.25) is 0 Å². The van der Waals surface area contributed by atoms with Gasteiger partial charge >= 0.3 is 0 Å². The molecule has 0 atom stereocenters. The van der Waals surface area contributed by atoms with Crippen molar-refractivity contribution in [2.75, 3.05) is 6.54 Å². The summed E-state index contributed by atoms with van der Waals surface area (Å²) in [5, 5.41) is 4.38. The highest BCUT2D eigenvalue weighted by molar-refractivity contribution is 8.26. The van der Waals surface area contributed by atoms with Crippen molar-refractivity contribution in [3.63, 3.8) is 0 Å². The van der Waals surface area contributed by atoms with Gasteiger partial charge in [0.05, 0.1) is 10.6 Å². The topological polar surface area (TPSA) is 38.1 Å². The van der Waals surface area contributed by atoms with Crippen LogP contribution in [0.5, 0.6) is 0 Å².